The van der Waals surface area contributed by atoms with E-state index in [4.69, 9.17) is 14.2 Å². The van der Waals surface area contributed by atoms with Gasteiger partial charge in [0, 0.05) is 17.7 Å². The zero-order valence-corrected chi connectivity index (χ0v) is 23.1. The molecule has 1 heterocycles. The largest absolute Gasteiger partial charge is 0.484 e. The molecule has 0 saturated carbocycles. The summed E-state index contributed by atoms with van der Waals surface area (Å²) in [7, 11) is 1.13. The molecule has 3 rings (SSSR count). The van der Waals surface area contributed by atoms with Crippen molar-refractivity contribution >= 4 is 39.7 Å². The van der Waals surface area contributed by atoms with Gasteiger partial charge in [-0.15, -0.1) is 11.3 Å². The van der Waals surface area contributed by atoms with Crippen molar-refractivity contribution in [2.75, 3.05) is 12.4 Å². The molecule has 0 aliphatic carbocycles. The van der Waals surface area contributed by atoms with Crippen molar-refractivity contribution in [3.05, 3.63) is 80.2 Å². The van der Waals surface area contributed by atoms with Gasteiger partial charge in [-0.05, 0) is 51.5 Å². The van der Waals surface area contributed by atoms with Crippen LogP contribution in [0.4, 0.5) is 29.5 Å². The quantitative estimate of drug-likeness (QED) is 0.158. The number of carbonyl (C=O) groups is 2. The number of esters is 2. The lowest BCUT2D eigenvalue weighted by Crippen LogP contribution is -2.22. The van der Waals surface area contributed by atoms with E-state index in [0.717, 1.165) is 24.5 Å². The molecule has 0 bridgehead atoms. The van der Waals surface area contributed by atoms with Gasteiger partial charge < -0.3 is 19.5 Å². The number of ether oxygens (including phenoxy) is 3. The topological polar surface area (TPSA) is 117 Å². The van der Waals surface area contributed by atoms with Gasteiger partial charge in [0.25, 0.3) is 5.69 Å². The van der Waals surface area contributed by atoms with Crippen molar-refractivity contribution in [3.8, 4) is 5.75 Å². The number of benzene rings is 2. The van der Waals surface area contributed by atoms with Gasteiger partial charge in [-0.3, -0.25) is 14.9 Å². The third kappa shape index (κ3) is 7.29. The smallest absolute Gasteiger partial charge is 0.416 e. The molecule has 0 aliphatic heterocycles. The van der Waals surface area contributed by atoms with Crippen LogP contribution in [0.1, 0.15) is 60.2 Å². The lowest BCUT2D eigenvalue weighted by molar-refractivity contribution is -0.383. The number of hydrogen-bond acceptors (Lipinski definition) is 9. The molecule has 40 heavy (non-hydrogen) atoms. The second kappa shape index (κ2) is 11.9. The molecule has 13 heteroatoms. The highest BCUT2D eigenvalue weighted by Gasteiger charge is 2.35. The second-order valence-electron chi connectivity index (χ2n) is 9.70. The molecular weight excluding hydrogens is 553 g/mol. The van der Waals surface area contributed by atoms with Crippen LogP contribution in [0, 0.1) is 15.5 Å². The summed E-state index contributed by atoms with van der Waals surface area (Å²) in [6, 6.07) is 10.4. The molecule has 0 radical (unpaired) electrons. The highest BCUT2D eigenvalue weighted by atomic mass is 32.1. The lowest BCUT2D eigenvalue weighted by atomic mass is 9.97. The molecule has 0 fully saturated rings. The Morgan fingerprint density at radius 1 is 1.10 bits per heavy atom. The molecule has 9 nitrogen and oxygen atoms in total. The minimum atomic E-state index is -4.62. The van der Waals surface area contributed by atoms with E-state index in [0.29, 0.717) is 5.56 Å². The zero-order chi connectivity index (χ0) is 29.8. The maximum absolute atomic E-state index is 13.5. The van der Waals surface area contributed by atoms with E-state index in [-0.39, 0.29) is 39.2 Å². The first-order valence-corrected chi connectivity index (χ1v) is 12.7. The zero-order valence-electron chi connectivity index (χ0n) is 22.3. The first-order chi connectivity index (χ1) is 18.6. The minimum absolute atomic E-state index is 0.0361. The third-order valence-corrected chi connectivity index (χ3v) is 6.59. The SMILES string of the molecule is COC(=O)c1sc(Nc2cc(COC(=O)C(C)(C)C)ccc2[N+](=O)[O-])cc1O[C@H](C)c1ccccc1C(F)(F)F. The molecule has 0 spiro atoms. The summed E-state index contributed by atoms with van der Waals surface area (Å²) in [5.74, 6) is -1.33. The Morgan fingerprint density at radius 2 is 1.77 bits per heavy atom. The van der Waals surface area contributed by atoms with Crippen LogP contribution in [0.2, 0.25) is 0 Å². The van der Waals surface area contributed by atoms with E-state index in [9.17, 15) is 32.9 Å². The summed E-state index contributed by atoms with van der Waals surface area (Å²) in [4.78, 5) is 35.6. The number of carbonyl (C=O) groups excluding carboxylic acids is 2. The number of alkyl halides is 3. The number of methoxy groups -OCH3 is 1. The Balaban J connectivity index is 1.93. The van der Waals surface area contributed by atoms with Gasteiger partial charge in [-0.25, -0.2) is 4.79 Å². The molecule has 0 saturated heterocycles. The van der Waals surface area contributed by atoms with E-state index in [1.165, 1.54) is 49.4 Å². The summed E-state index contributed by atoms with van der Waals surface area (Å²) in [6.07, 6.45) is -5.73. The van der Waals surface area contributed by atoms with Crippen LogP contribution in [0.3, 0.4) is 0 Å². The van der Waals surface area contributed by atoms with Crippen molar-refractivity contribution < 1.29 is 41.9 Å². The fraction of sp³-hybridized carbons (Fsp3) is 0.333. The van der Waals surface area contributed by atoms with E-state index in [1.54, 1.807) is 20.8 Å². The molecule has 214 valence electrons. The van der Waals surface area contributed by atoms with Gasteiger partial charge in [0.1, 0.15) is 24.1 Å². The van der Waals surface area contributed by atoms with Crippen molar-refractivity contribution in [1.82, 2.24) is 0 Å². The monoisotopic (exact) mass is 580 g/mol. The number of nitro groups is 1. The molecule has 1 aromatic heterocycles. The van der Waals surface area contributed by atoms with Crippen molar-refractivity contribution in [2.24, 2.45) is 5.41 Å². The van der Waals surface area contributed by atoms with Gasteiger partial charge >= 0.3 is 18.1 Å². The van der Waals surface area contributed by atoms with Crippen LogP contribution in [0.25, 0.3) is 0 Å². The Morgan fingerprint density at radius 3 is 2.38 bits per heavy atom. The number of nitro benzene ring substituents is 1. The van der Waals surface area contributed by atoms with Crippen molar-refractivity contribution in [1.29, 1.82) is 0 Å². The summed E-state index contributed by atoms with van der Waals surface area (Å²) in [5.41, 5.74) is -1.56. The number of halogens is 3. The predicted octanol–water partition coefficient (Wildman–Crippen LogP) is 7.43. The summed E-state index contributed by atoms with van der Waals surface area (Å²) >= 11 is 0.841. The highest BCUT2D eigenvalue weighted by molar-refractivity contribution is 7.18. The molecule has 0 amide bonds. The number of thiophene rings is 1. The molecule has 0 unspecified atom stereocenters. The number of nitrogens with one attached hydrogen (secondary N) is 1. The van der Waals surface area contributed by atoms with Crippen LogP contribution in [-0.2, 0) is 27.1 Å². The average molecular weight is 581 g/mol. The maximum atomic E-state index is 13.5. The maximum Gasteiger partial charge on any atom is 0.416 e. The number of hydrogen-bond donors (Lipinski definition) is 1. The van der Waals surface area contributed by atoms with Crippen LogP contribution in [0.15, 0.2) is 48.5 Å². The standard InChI is InChI=1S/C27H27F3N2O7S/c1-15(17-8-6-7-9-18(17)27(28,29)30)39-21-13-22(40-23(21)24(33)37-5)31-19-12-16(10-11-20(19)32(35)36)14-38-25(34)26(2,3)4/h6-13,15,31H,14H2,1-5H3/t15-/m1/s1. The number of rotatable bonds is 9. The van der Waals surface area contributed by atoms with E-state index < -0.39 is 40.1 Å². The Bertz CT molecular complexity index is 1410. The van der Waals surface area contributed by atoms with Crippen molar-refractivity contribution in [2.45, 2.75) is 46.6 Å². The summed E-state index contributed by atoms with van der Waals surface area (Å²) in [5, 5.41) is 14.7. The number of nitrogens with zero attached hydrogens (tertiary/aromatic N) is 1. The summed E-state index contributed by atoms with van der Waals surface area (Å²) in [6.45, 7) is 6.34. The van der Waals surface area contributed by atoms with Gasteiger partial charge in [0.2, 0.25) is 0 Å². The van der Waals surface area contributed by atoms with Gasteiger partial charge in [0.15, 0.2) is 4.88 Å². The minimum Gasteiger partial charge on any atom is -0.484 e. The van der Waals surface area contributed by atoms with E-state index >= 15 is 0 Å². The Kier molecular flexibility index (Phi) is 9.08. The number of anilines is 2. The van der Waals surface area contributed by atoms with Gasteiger partial charge in [-0.2, -0.15) is 13.2 Å². The molecule has 1 N–H and O–H groups in total. The molecule has 3 aromatic rings. The summed E-state index contributed by atoms with van der Waals surface area (Å²) < 4.78 is 56.5. The molecule has 1 atom stereocenters. The van der Waals surface area contributed by atoms with Gasteiger partial charge in [0.05, 0.1) is 28.0 Å². The average Bonchev–Trinajstić information content (AvgIpc) is 3.27. The molecular formula is C27H27F3N2O7S. The normalized spacial score (nSPS) is 12.4. The van der Waals surface area contributed by atoms with Crippen LogP contribution in [-0.4, -0.2) is 24.0 Å². The lowest BCUT2D eigenvalue weighted by Gasteiger charge is -2.19. The van der Waals surface area contributed by atoms with E-state index in [1.807, 2.05) is 0 Å². The van der Waals surface area contributed by atoms with Crippen LogP contribution >= 0.6 is 11.3 Å². The first kappa shape index (κ1) is 30.4. The Hall–Kier alpha value is -4.13. The first-order valence-electron chi connectivity index (χ1n) is 11.9. The molecule has 0 aliphatic rings. The molecule has 2 aromatic carbocycles. The van der Waals surface area contributed by atoms with Crippen LogP contribution in [0.5, 0.6) is 5.75 Å². The predicted molar refractivity (Wildman–Crippen MR) is 142 cm³/mol. The van der Waals surface area contributed by atoms with Crippen LogP contribution < -0.4 is 10.1 Å². The Labute approximate surface area is 232 Å². The fourth-order valence-electron chi connectivity index (χ4n) is 3.55. The second-order valence-corrected chi connectivity index (χ2v) is 10.8. The van der Waals surface area contributed by atoms with E-state index in [2.05, 4.69) is 5.32 Å². The highest BCUT2D eigenvalue weighted by Crippen LogP contribution is 2.41. The fourth-order valence-corrected chi connectivity index (χ4v) is 4.47. The van der Waals surface area contributed by atoms with Gasteiger partial charge in [-0.1, -0.05) is 18.2 Å². The third-order valence-electron chi connectivity index (χ3n) is 5.57. The van der Waals surface area contributed by atoms with Crippen molar-refractivity contribution in [3.63, 3.8) is 0 Å².